The van der Waals surface area contributed by atoms with Crippen molar-refractivity contribution < 1.29 is 19.4 Å². The fraction of sp³-hybridized carbons (Fsp3) is 0.200. The van der Waals surface area contributed by atoms with Crippen LogP contribution in [0.1, 0.15) is 31.2 Å². The van der Waals surface area contributed by atoms with Gasteiger partial charge in [0.25, 0.3) is 5.91 Å². The number of thiophene rings is 1. The van der Waals surface area contributed by atoms with E-state index in [1.165, 1.54) is 24.5 Å². The van der Waals surface area contributed by atoms with Gasteiger partial charge in [-0.25, -0.2) is 4.79 Å². The Balaban J connectivity index is 2.32. The summed E-state index contributed by atoms with van der Waals surface area (Å²) < 4.78 is 4.69. The first-order chi connectivity index (χ1) is 9.93. The van der Waals surface area contributed by atoms with Crippen molar-refractivity contribution in [2.45, 2.75) is 13.8 Å². The van der Waals surface area contributed by atoms with E-state index >= 15 is 0 Å². The van der Waals surface area contributed by atoms with Crippen molar-refractivity contribution in [1.29, 1.82) is 0 Å². The summed E-state index contributed by atoms with van der Waals surface area (Å²) in [6.07, 6.45) is 0. The smallest absolute Gasteiger partial charge is 0.350 e. The molecule has 1 aromatic carbocycles. The number of nitrogens with one attached hydrogen (secondary N) is 1. The Bertz CT molecular complexity index is 706. The van der Waals surface area contributed by atoms with E-state index in [0.29, 0.717) is 10.6 Å². The van der Waals surface area contributed by atoms with Crippen LogP contribution in [0.25, 0.3) is 0 Å². The number of hydrogen-bond donors (Lipinski definition) is 2. The zero-order valence-corrected chi connectivity index (χ0v) is 12.7. The van der Waals surface area contributed by atoms with Crippen LogP contribution in [0.2, 0.25) is 0 Å². The molecule has 1 amide bonds. The van der Waals surface area contributed by atoms with Crippen LogP contribution in [0.4, 0.5) is 5.69 Å². The van der Waals surface area contributed by atoms with Gasteiger partial charge in [0.1, 0.15) is 10.6 Å². The first-order valence-electron chi connectivity index (χ1n) is 6.21. The monoisotopic (exact) mass is 305 g/mol. The molecule has 0 spiro atoms. The molecule has 1 aromatic heterocycles. The van der Waals surface area contributed by atoms with Gasteiger partial charge in [0.2, 0.25) is 0 Å². The van der Waals surface area contributed by atoms with E-state index in [2.05, 4.69) is 10.1 Å². The van der Waals surface area contributed by atoms with Crippen molar-refractivity contribution in [1.82, 2.24) is 0 Å². The predicted octanol–water partition coefficient (Wildman–Crippen LogP) is 3.11. The molecule has 2 aromatic rings. The zero-order valence-electron chi connectivity index (χ0n) is 11.9. The Hall–Kier alpha value is -2.34. The SMILES string of the molecule is COC(=O)c1scc(C)c1NC(=O)c1ccc(C)cc1O. The van der Waals surface area contributed by atoms with Crippen molar-refractivity contribution >= 4 is 28.9 Å². The van der Waals surface area contributed by atoms with Crippen LogP contribution in [0.3, 0.4) is 0 Å². The summed E-state index contributed by atoms with van der Waals surface area (Å²) in [5.74, 6) is -1.07. The van der Waals surface area contributed by atoms with Crippen molar-refractivity contribution in [3.63, 3.8) is 0 Å². The Morgan fingerprint density at radius 1 is 1.29 bits per heavy atom. The van der Waals surface area contributed by atoms with Gasteiger partial charge in [-0.2, -0.15) is 0 Å². The Labute approximate surface area is 126 Å². The van der Waals surface area contributed by atoms with Gasteiger partial charge in [-0.15, -0.1) is 11.3 Å². The van der Waals surface area contributed by atoms with Crippen LogP contribution in [-0.4, -0.2) is 24.1 Å². The number of hydrogen-bond acceptors (Lipinski definition) is 5. The minimum atomic E-state index is -0.503. The molecule has 21 heavy (non-hydrogen) atoms. The standard InChI is InChI=1S/C15H15NO4S/c1-8-4-5-10(11(17)6-8)14(18)16-12-9(2)7-21-13(12)15(19)20-3/h4-7,17H,1-3H3,(H,16,18). The van der Waals surface area contributed by atoms with Gasteiger partial charge in [0, 0.05) is 0 Å². The lowest BCUT2D eigenvalue weighted by molar-refractivity contribution is 0.0607. The molecule has 0 unspecified atom stereocenters. The van der Waals surface area contributed by atoms with Crippen LogP contribution < -0.4 is 5.32 Å². The molecule has 110 valence electrons. The second-order valence-corrected chi connectivity index (χ2v) is 5.47. The summed E-state index contributed by atoms with van der Waals surface area (Å²) in [6.45, 7) is 3.60. The molecular formula is C15H15NO4S. The molecule has 0 saturated heterocycles. The molecule has 2 rings (SSSR count). The number of anilines is 1. The van der Waals surface area contributed by atoms with E-state index < -0.39 is 11.9 Å². The second-order valence-electron chi connectivity index (χ2n) is 4.59. The maximum atomic E-state index is 12.2. The van der Waals surface area contributed by atoms with Crippen LogP contribution in [0.5, 0.6) is 5.75 Å². The quantitative estimate of drug-likeness (QED) is 0.854. The van der Waals surface area contributed by atoms with Gasteiger partial charge >= 0.3 is 5.97 Å². The minimum absolute atomic E-state index is 0.0972. The summed E-state index contributed by atoms with van der Waals surface area (Å²) in [7, 11) is 1.29. The largest absolute Gasteiger partial charge is 0.507 e. The summed E-state index contributed by atoms with van der Waals surface area (Å²) in [5, 5.41) is 14.3. The average molecular weight is 305 g/mol. The lowest BCUT2D eigenvalue weighted by atomic mass is 10.1. The number of methoxy groups -OCH3 is 1. The van der Waals surface area contributed by atoms with Crippen LogP contribution in [0, 0.1) is 13.8 Å². The first kappa shape index (κ1) is 15.1. The number of ether oxygens (including phenoxy) is 1. The number of rotatable bonds is 3. The third-order valence-electron chi connectivity index (χ3n) is 2.98. The molecule has 0 bridgehead atoms. The highest BCUT2D eigenvalue weighted by Crippen LogP contribution is 2.29. The molecular weight excluding hydrogens is 290 g/mol. The van der Waals surface area contributed by atoms with E-state index in [1.807, 2.05) is 6.92 Å². The van der Waals surface area contributed by atoms with Crippen LogP contribution in [0.15, 0.2) is 23.6 Å². The number of phenolic OH excluding ortho intramolecular Hbond substituents is 1. The highest BCUT2D eigenvalue weighted by molar-refractivity contribution is 7.12. The maximum absolute atomic E-state index is 12.2. The van der Waals surface area contributed by atoms with Crippen molar-refractivity contribution in [3.8, 4) is 5.75 Å². The highest BCUT2D eigenvalue weighted by atomic mass is 32.1. The van der Waals surface area contributed by atoms with Crippen molar-refractivity contribution in [2.75, 3.05) is 12.4 Å². The molecule has 0 aliphatic carbocycles. The number of aromatic hydroxyl groups is 1. The Morgan fingerprint density at radius 3 is 2.62 bits per heavy atom. The van der Waals surface area contributed by atoms with E-state index in [-0.39, 0.29) is 11.3 Å². The normalized spacial score (nSPS) is 10.2. The van der Waals surface area contributed by atoms with Gasteiger partial charge < -0.3 is 15.2 Å². The van der Waals surface area contributed by atoms with Crippen LogP contribution >= 0.6 is 11.3 Å². The fourth-order valence-corrected chi connectivity index (χ4v) is 2.78. The molecule has 0 aliphatic heterocycles. The minimum Gasteiger partial charge on any atom is -0.507 e. The fourth-order valence-electron chi connectivity index (χ4n) is 1.86. The Kier molecular flexibility index (Phi) is 4.28. The number of carbonyl (C=O) groups excluding carboxylic acids is 2. The molecule has 2 N–H and O–H groups in total. The van der Waals surface area contributed by atoms with E-state index in [9.17, 15) is 14.7 Å². The second kappa shape index (κ2) is 5.97. The summed E-state index contributed by atoms with van der Waals surface area (Å²) in [5.41, 5.74) is 2.19. The number of aryl methyl sites for hydroxylation is 2. The first-order valence-corrected chi connectivity index (χ1v) is 7.09. The Morgan fingerprint density at radius 2 is 2.00 bits per heavy atom. The predicted molar refractivity (Wildman–Crippen MR) is 81.2 cm³/mol. The van der Waals surface area contributed by atoms with Gasteiger partial charge in [-0.3, -0.25) is 4.79 Å². The number of amides is 1. The van der Waals surface area contributed by atoms with Crippen LogP contribution in [-0.2, 0) is 4.74 Å². The topological polar surface area (TPSA) is 75.6 Å². The van der Waals surface area contributed by atoms with Crippen molar-refractivity contribution in [3.05, 3.63) is 45.1 Å². The molecule has 0 radical (unpaired) electrons. The van der Waals surface area contributed by atoms with Gasteiger partial charge in [-0.05, 0) is 42.5 Å². The average Bonchev–Trinajstić information content (AvgIpc) is 2.79. The molecule has 0 atom stereocenters. The molecule has 5 nitrogen and oxygen atoms in total. The molecule has 0 fully saturated rings. The van der Waals surface area contributed by atoms with Crippen molar-refractivity contribution in [2.24, 2.45) is 0 Å². The zero-order chi connectivity index (χ0) is 15.6. The number of carbonyl (C=O) groups is 2. The number of esters is 1. The van der Waals surface area contributed by atoms with E-state index in [0.717, 1.165) is 11.1 Å². The maximum Gasteiger partial charge on any atom is 0.350 e. The molecule has 0 saturated carbocycles. The highest BCUT2D eigenvalue weighted by Gasteiger charge is 2.20. The van der Waals surface area contributed by atoms with E-state index in [1.54, 1.807) is 24.4 Å². The third kappa shape index (κ3) is 3.05. The van der Waals surface area contributed by atoms with E-state index in [4.69, 9.17) is 0 Å². The molecule has 0 aliphatic rings. The lowest BCUT2D eigenvalue weighted by Gasteiger charge is -2.09. The van der Waals surface area contributed by atoms with Gasteiger partial charge in [-0.1, -0.05) is 6.07 Å². The summed E-state index contributed by atoms with van der Waals surface area (Å²) >= 11 is 1.20. The van der Waals surface area contributed by atoms with Gasteiger partial charge in [0.05, 0.1) is 18.4 Å². The number of benzene rings is 1. The molecule has 1 heterocycles. The summed E-state index contributed by atoms with van der Waals surface area (Å²) in [6, 6.07) is 4.78. The lowest BCUT2D eigenvalue weighted by Crippen LogP contribution is -2.15. The van der Waals surface area contributed by atoms with Gasteiger partial charge in [0.15, 0.2) is 0 Å². The molecule has 6 heteroatoms. The number of phenols is 1. The third-order valence-corrected chi connectivity index (χ3v) is 4.06. The summed E-state index contributed by atoms with van der Waals surface area (Å²) in [4.78, 5) is 24.2.